The average Bonchev–Trinajstić information content (AvgIpc) is 2.45. The lowest BCUT2D eigenvalue weighted by atomic mass is 10.1. The Labute approximate surface area is 139 Å². The maximum Gasteiger partial charge on any atom is 0.142 e. The van der Waals surface area contributed by atoms with E-state index in [0.29, 0.717) is 18.2 Å². The second-order valence-corrected chi connectivity index (χ2v) is 6.23. The second-order valence-electron chi connectivity index (χ2n) is 4.94. The Kier molecular flexibility index (Phi) is 5.95. The first-order valence-electron chi connectivity index (χ1n) is 7.01. The maximum absolute atomic E-state index is 6.08. The summed E-state index contributed by atoms with van der Waals surface area (Å²) in [5.41, 5.74) is 3.35. The average molecular weight is 369 g/mol. The van der Waals surface area contributed by atoms with Crippen LogP contribution in [-0.2, 0) is 6.54 Å². The molecule has 112 valence electrons. The van der Waals surface area contributed by atoms with Crippen molar-refractivity contribution in [2.24, 2.45) is 0 Å². The van der Waals surface area contributed by atoms with Gasteiger partial charge in [0, 0.05) is 16.0 Å². The molecule has 2 rings (SSSR count). The molecule has 0 fully saturated rings. The third-order valence-electron chi connectivity index (χ3n) is 3.08. The van der Waals surface area contributed by atoms with Crippen molar-refractivity contribution in [2.45, 2.75) is 26.8 Å². The highest BCUT2D eigenvalue weighted by Crippen LogP contribution is 2.29. The third-order valence-corrected chi connectivity index (χ3v) is 4.05. The molecule has 2 aromatic carbocycles. The Morgan fingerprint density at radius 1 is 1.19 bits per heavy atom. The summed E-state index contributed by atoms with van der Waals surface area (Å²) >= 11 is 9.68. The minimum Gasteiger partial charge on any atom is -0.491 e. The number of ether oxygens (including phenoxy) is 1. The summed E-state index contributed by atoms with van der Waals surface area (Å²) < 4.78 is 6.85. The van der Waals surface area contributed by atoms with Crippen LogP contribution in [0, 0.1) is 6.92 Å². The molecule has 0 aliphatic carbocycles. The Bertz CT molecular complexity index is 616. The van der Waals surface area contributed by atoms with Gasteiger partial charge in [-0.15, -0.1) is 0 Å². The number of aryl methyl sites for hydroxylation is 1. The molecule has 2 nitrogen and oxygen atoms in total. The van der Waals surface area contributed by atoms with Gasteiger partial charge in [-0.3, -0.25) is 0 Å². The van der Waals surface area contributed by atoms with Crippen LogP contribution in [0.15, 0.2) is 40.9 Å². The first-order chi connectivity index (χ1) is 10.1. The molecule has 0 aliphatic rings. The summed E-state index contributed by atoms with van der Waals surface area (Å²) in [5, 5.41) is 4.10. The maximum atomic E-state index is 6.08. The fourth-order valence-electron chi connectivity index (χ4n) is 1.96. The first kappa shape index (κ1) is 16.2. The number of hydrogen-bond donors (Lipinski definition) is 1. The summed E-state index contributed by atoms with van der Waals surface area (Å²) in [6, 6.07) is 12.0. The summed E-state index contributed by atoms with van der Waals surface area (Å²) in [6.07, 6.45) is 0.978. The molecular formula is C17H19BrClNO. The highest BCUT2D eigenvalue weighted by Gasteiger charge is 2.06. The Hall–Kier alpha value is -1.19. The van der Waals surface area contributed by atoms with E-state index >= 15 is 0 Å². The van der Waals surface area contributed by atoms with Crippen LogP contribution in [0.3, 0.4) is 0 Å². The van der Waals surface area contributed by atoms with Gasteiger partial charge in [0.05, 0.1) is 12.3 Å². The molecule has 0 amide bonds. The molecule has 21 heavy (non-hydrogen) atoms. The van der Waals surface area contributed by atoms with Gasteiger partial charge >= 0.3 is 0 Å². The van der Waals surface area contributed by atoms with Crippen molar-refractivity contribution in [2.75, 3.05) is 11.9 Å². The van der Waals surface area contributed by atoms with E-state index < -0.39 is 0 Å². The Morgan fingerprint density at radius 3 is 2.71 bits per heavy atom. The normalized spacial score (nSPS) is 10.5. The predicted molar refractivity (Wildman–Crippen MR) is 93.4 cm³/mol. The lowest BCUT2D eigenvalue weighted by Gasteiger charge is -2.14. The molecule has 0 aliphatic heterocycles. The second kappa shape index (κ2) is 7.71. The smallest absolute Gasteiger partial charge is 0.142 e. The predicted octanol–water partition coefficient (Wildman–Crippen LogP) is 5.81. The van der Waals surface area contributed by atoms with Crippen molar-refractivity contribution in [3.63, 3.8) is 0 Å². The van der Waals surface area contributed by atoms with Crippen LogP contribution >= 0.6 is 27.5 Å². The molecule has 0 bridgehead atoms. The van der Waals surface area contributed by atoms with Gasteiger partial charge in [-0.1, -0.05) is 46.6 Å². The highest BCUT2D eigenvalue weighted by atomic mass is 79.9. The van der Waals surface area contributed by atoms with Crippen LogP contribution in [0.4, 0.5) is 5.69 Å². The van der Waals surface area contributed by atoms with Crippen molar-refractivity contribution >= 4 is 33.2 Å². The lowest BCUT2D eigenvalue weighted by Crippen LogP contribution is -2.04. The minimum atomic E-state index is 0.698. The van der Waals surface area contributed by atoms with Crippen LogP contribution in [0.25, 0.3) is 0 Å². The zero-order valence-corrected chi connectivity index (χ0v) is 14.6. The molecule has 0 atom stereocenters. The summed E-state index contributed by atoms with van der Waals surface area (Å²) in [7, 11) is 0. The largest absolute Gasteiger partial charge is 0.491 e. The number of hydrogen-bond acceptors (Lipinski definition) is 2. The van der Waals surface area contributed by atoms with Crippen molar-refractivity contribution in [1.82, 2.24) is 0 Å². The number of anilines is 1. The van der Waals surface area contributed by atoms with E-state index in [1.165, 1.54) is 11.1 Å². The molecule has 0 heterocycles. The number of rotatable bonds is 6. The topological polar surface area (TPSA) is 21.3 Å². The zero-order chi connectivity index (χ0) is 15.2. The van der Waals surface area contributed by atoms with Crippen LogP contribution in [0.2, 0.25) is 5.02 Å². The van der Waals surface area contributed by atoms with Gasteiger partial charge < -0.3 is 10.1 Å². The van der Waals surface area contributed by atoms with E-state index in [9.17, 15) is 0 Å². The van der Waals surface area contributed by atoms with Crippen molar-refractivity contribution in [1.29, 1.82) is 0 Å². The SMILES string of the molecule is CCCOc1ccc(Cl)cc1NCc1ccc(C)cc1Br. The molecular weight excluding hydrogens is 350 g/mol. The zero-order valence-electron chi connectivity index (χ0n) is 12.2. The van der Waals surface area contributed by atoms with Gasteiger partial charge in [-0.25, -0.2) is 0 Å². The number of benzene rings is 2. The lowest BCUT2D eigenvalue weighted by molar-refractivity contribution is 0.319. The van der Waals surface area contributed by atoms with Crippen molar-refractivity contribution in [3.8, 4) is 5.75 Å². The molecule has 0 unspecified atom stereocenters. The van der Waals surface area contributed by atoms with Gasteiger partial charge in [0.25, 0.3) is 0 Å². The third kappa shape index (κ3) is 4.65. The Morgan fingerprint density at radius 2 is 2.00 bits per heavy atom. The van der Waals surface area contributed by atoms with Crippen LogP contribution in [0.1, 0.15) is 24.5 Å². The number of nitrogens with one attached hydrogen (secondary N) is 1. The van der Waals surface area contributed by atoms with Gasteiger partial charge in [0.15, 0.2) is 0 Å². The molecule has 2 aromatic rings. The van der Waals surface area contributed by atoms with Gasteiger partial charge in [0.1, 0.15) is 5.75 Å². The van der Waals surface area contributed by atoms with Crippen LogP contribution < -0.4 is 10.1 Å². The van der Waals surface area contributed by atoms with Crippen molar-refractivity contribution < 1.29 is 4.74 Å². The fraction of sp³-hybridized carbons (Fsp3) is 0.294. The summed E-state index contributed by atoms with van der Waals surface area (Å²) in [6.45, 7) is 5.58. The van der Waals surface area contributed by atoms with E-state index in [4.69, 9.17) is 16.3 Å². The molecule has 0 saturated carbocycles. The fourth-order valence-corrected chi connectivity index (χ4v) is 2.77. The molecule has 0 aromatic heterocycles. The molecule has 4 heteroatoms. The standard InChI is InChI=1S/C17H19BrClNO/c1-3-8-21-17-7-6-14(19)10-16(17)20-11-13-5-4-12(2)9-15(13)18/h4-7,9-10,20H,3,8,11H2,1-2H3. The molecule has 1 N–H and O–H groups in total. The molecule has 0 radical (unpaired) electrons. The van der Waals surface area contributed by atoms with E-state index in [-0.39, 0.29) is 0 Å². The van der Waals surface area contributed by atoms with Crippen LogP contribution in [-0.4, -0.2) is 6.61 Å². The van der Waals surface area contributed by atoms with Gasteiger partial charge in [-0.05, 0) is 48.7 Å². The van der Waals surface area contributed by atoms with Crippen molar-refractivity contribution in [3.05, 3.63) is 57.0 Å². The summed E-state index contributed by atoms with van der Waals surface area (Å²) in [5.74, 6) is 0.837. The first-order valence-corrected chi connectivity index (χ1v) is 8.18. The summed E-state index contributed by atoms with van der Waals surface area (Å²) in [4.78, 5) is 0. The van der Waals surface area contributed by atoms with Gasteiger partial charge in [0.2, 0.25) is 0 Å². The van der Waals surface area contributed by atoms with Crippen LogP contribution in [0.5, 0.6) is 5.75 Å². The van der Waals surface area contributed by atoms with E-state index in [1.54, 1.807) is 0 Å². The monoisotopic (exact) mass is 367 g/mol. The molecule has 0 spiro atoms. The van der Waals surface area contributed by atoms with Gasteiger partial charge in [-0.2, -0.15) is 0 Å². The number of halogens is 2. The highest BCUT2D eigenvalue weighted by molar-refractivity contribution is 9.10. The van der Waals surface area contributed by atoms with E-state index in [2.05, 4.69) is 53.3 Å². The molecule has 0 saturated heterocycles. The van der Waals surface area contributed by atoms with E-state index in [0.717, 1.165) is 22.3 Å². The quantitative estimate of drug-likeness (QED) is 0.694. The van der Waals surface area contributed by atoms with E-state index in [1.807, 2.05) is 18.2 Å². The Balaban J connectivity index is 2.12. The minimum absolute atomic E-state index is 0.698.